The van der Waals surface area contributed by atoms with Crippen molar-refractivity contribution in [2.75, 3.05) is 7.11 Å². The molecular weight excluding hydrogens is 264 g/mol. The lowest BCUT2D eigenvalue weighted by Gasteiger charge is -2.18. The Balaban J connectivity index is 4.37. The molecular formula is C13H24N2O5. The van der Waals surface area contributed by atoms with Crippen LogP contribution in [0, 0.1) is 0 Å². The molecule has 7 heteroatoms. The number of carbonyl (C=O) groups is 3. The van der Waals surface area contributed by atoms with Crippen molar-refractivity contribution in [3.63, 3.8) is 0 Å². The summed E-state index contributed by atoms with van der Waals surface area (Å²) in [5.74, 6) is -2.36. The van der Waals surface area contributed by atoms with Gasteiger partial charge in [0, 0.05) is 0 Å². The summed E-state index contributed by atoms with van der Waals surface area (Å²) in [6.45, 7) is 2.07. The van der Waals surface area contributed by atoms with Crippen LogP contribution in [0.25, 0.3) is 0 Å². The van der Waals surface area contributed by atoms with Crippen LogP contribution >= 0.6 is 0 Å². The van der Waals surface area contributed by atoms with Crippen molar-refractivity contribution in [1.29, 1.82) is 0 Å². The molecule has 0 rings (SSSR count). The summed E-state index contributed by atoms with van der Waals surface area (Å²) in [6, 6.07) is -1.94. The van der Waals surface area contributed by atoms with Crippen molar-refractivity contribution < 1.29 is 24.2 Å². The molecule has 0 aliphatic heterocycles. The second-order valence-electron chi connectivity index (χ2n) is 4.64. The molecule has 0 aliphatic rings. The number of aliphatic carboxylic acids is 1. The van der Waals surface area contributed by atoms with Gasteiger partial charge in [-0.15, -0.1) is 0 Å². The Morgan fingerprint density at radius 1 is 1.25 bits per heavy atom. The fraction of sp³-hybridized carbons (Fsp3) is 0.769. The molecule has 0 bridgehead atoms. The van der Waals surface area contributed by atoms with Crippen LogP contribution in [0.3, 0.4) is 0 Å². The zero-order chi connectivity index (χ0) is 15.5. The van der Waals surface area contributed by atoms with Gasteiger partial charge in [-0.05, 0) is 6.42 Å². The molecule has 0 aliphatic carbocycles. The Morgan fingerprint density at radius 2 is 1.90 bits per heavy atom. The van der Waals surface area contributed by atoms with Crippen LogP contribution in [0.15, 0.2) is 0 Å². The molecule has 4 N–H and O–H groups in total. The summed E-state index contributed by atoms with van der Waals surface area (Å²) < 4.78 is 4.62. The third-order valence-corrected chi connectivity index (χ3v) is 2.88. The van der Waals surface area contributed by atoms with Crippen LogP contribution in [0.1, 0.15) is 45.4 Å². The van der Waals surface area contributed by atoms with E-state index in [1.165, 1.54) is 7.11 Å². The number of rotatable bonds is 10. The average molecular weight is 288 g/mol. The largest absolute Gasteiger partial charge is 0.481 e. The molecule has 0 fully saturated rings. The number of nitrogens with one attached hydrogen (secondary N) is 1. The molecule has 0 aromatic rings. The second-order valence-corrected chi connectivity index (χ2v) is 4.64. The number of carbonyl (C=O) groups excluding carboxylic acids is 2. The highest BCUT2D eigenvalue weighted by Crippen LogP contribution is 2.07. The van der Waals surface area contributed by atoms with Crippen LogP contribution in [-0.2, 0) is 19.1 Å². The van der Waals surface area contributed by atoms with Gasteiger partial charge in [-0.1, -0.05) is 32.6 Å². The molecule has 20 heavy (non-hydrogen) atoms. The minimum Gasteiger partial charge on any atom is -0.481 e. The summed E-state index contributed by atoms with van der Waals surface area (Å²) in [5.41, 5.74) is 5.44. The van der Waals surface area contributed by atoms with E-state index in [9.17, 15) is 14.4 Å². The van der Waals surface area contributed by atoms with E-state index in [-0.39, 0.29) is 0 Å². The lowest BCUT2D eigenvalue weighted by atomic mass is 10.1. The van der Waals surface area contributed by atoms with Gasteiger partial charge in [0.15, 0.2) is 0 Å². The average Bonchev–Trinajstić information content (AvgIpc) is 2.40. The Kier molecular flexibility index (Phi) is 9.36. The summed E-state index contributed by atoms with van der Waals surface area (Å²) in [6.07, 6.45) is 3.84. The Labute approximate surface area is 118 Å². The molecule has 0 heterocycles. The summed E-state index contributed by atoms with van der Waals surface area (Å²) in [7, 11) is 1.24. The number of ether oxygens (including phenoxy) is 1. The third-order valence-electron chi connectivity index (χ3n) is 2.88. The molecule has 7 nitrogen and oxygen atoms in total. The van der Waals surface area contributed by atoms with Gasteiger partial charge in [-0.3, -0.25) is 9.59 Å². The first-order valence-electron chi connectivity index (χ1n) is 6.77. The van der Waals surface area contributed by atoms with Crippen molar-refractivity contribution in [3.8, 4) is 0 Å². The van der Waals surface area contributed by atoms with Crippen LogP contribution < -0.4 is 11.1 Å². The molecule has 0 saturated heterocycles. The maximum Gasteiger partial charge on any atom is 0.328 e. The molecule has 0 spiro atoms. The van der Waals surface area contributed by atoms with E-state index < -0.39 is 36.4 Å². The zero-order valence-electron chi connectivity index (χ0n) is 12.1. The fourth-order valence-electron chi connectivity index (χ4n) is 1.73. The topological polar surface area (TPSA) is 119 Å². The number of carboxylic acid groups (broad SMARTS) is 1. The standard InChI is InChI=1S/C13H24N2O5/c1-3-4-5-6-7-10(13(19)20-2)15-12(18)9(14)8-11(16)17/h9-10H,3-8,14H2,1-2H3,(H,15,18)(H,16,17)/t9-,10?/m0/s1. The number of nitrogens with two attached hydrogens (primary N) is 1. The van der Waals surface area contributed by atoms with Crippen molar-refractivity contribution >= 4 is 17.8 Å². The lowest BCUT2D eigenvalue weighted by Crippen LogP contribution is -2.49. The third kappa shape index (κ3) is 7.73. The highest BCUT2D eigenvalue weighted by Gasteiger charge is 2.25. The minimum atomic E-state index is -1.17. The van der Waals surface area contributed by atoms with Crippen LogP contribution in [0.5, 0.6) is 0 Å². The van der Waals surface area contributed by atoms with E-state index in [4.69, 9.17) is 10.8 Å². The molecule has 1 unspecified atom stereocenters. The summed E-state index contributed by atoms with van der Waals surface area (Å²) in [4.78, 5) is 33.7. The van der Waals surface area contributed by atoms with Gasteiger partial charge in [0.2, 0.25) is 5.91 Å². The van der Waals surface area contributed by atoms with Gasteiger partial charge < -0.3 is 20.9 Å². The summed E-state index contributed by atoms with van der Waals surface area (Å²) >= 11 is 0. The minimum absolute atomic E-state index is 0.457. The predicted molar refractivity (Wildman–Crippen MR) is 72.9 cm³/mol. The van der Waals surface area contributed by atoms with E-state index in [1.807, 2.05) is 0 Å². The van der Waals surface area contributed by atoms with Gasteiger partial charge >= 0.3 is 11.9 Å². The lowest BCUT2D eigenvalue weighted by molar-refractivity contribution is -0.145. The second kappa shape index (κ2) is 10.2. The Bertz CT molecular complexity index is 333. The number of hydrogen-bond donors (Lipinski definition) is 3. The van der Waals surface area contributed by atoms with Crippen LogP contribution in [0.4, 0.5) is 0 Å². The smallest absolute Gasteiger partial charge is 0.328 e. The van der Waals surface area contributed by atoms with Gasteiger partial charge in [-0.2, -0.15) is 0 Å². The number of carboxylic acids is 1. The highest BCUT2D eigenvalue weighted by molar-refractivity contribution is 5.89. The quantitative estimate of drug-likeness (QED) is 0.396. The Hall–Kier alpha value is -1.63. The van der Waals surface area contributed by atoms with Crippen LogP contribution in [0.2, 0.25) is 0 Å². The molecule has 116 valence electrons. The van der Waals surface area contributed by atoms with E-state index in [1.54, 1.807) is 0 Å². The first-order valence-corrected chi connectivity index (χ1v) is 6.77. The summed E-state index contributed by atoms with van der Waals surface area (Å²) in [5, 5.41) is 11.0. The van der Waals surface area contributed by atoms with Crippen molar-refractivity contribution in [2.24, 2.45) is 5.73 Å². The first-order chi connectivity index (χ1) is 9.42. The number of esters is 1. The maximum atomic E-state index is 11.7. The number of unbranched alkanes of at least 4 members (excludes halogenated alkanes) is 3. The van der Waals surface area contributed by atoms with E-state index in [2.05, 4.69) is 17.0 Å². The van der Waals surface area contributed by atoms with Crippen molar-refractivity contribution in [2.45, 2.75) is 57.5 Å². The van der Waals surface area contributed by atoms with Gasteiger partial charge in [0.25, 0.3) is 0 Å². The fourth-order valence-corrected chi connectivity index (χ4v) is 1.73. The van der Waals surface area contributed by atoms with E-state index in [0.29, 0.717) is 6.42 Å². The molecule has 0 radical (unpaired) electrons. The zero-order valence-corrected chi connectivity index (χ0v) is 12.1. The van der Waals surface area contributed by atoms with Crippen LogP contribution in [-0.4, -0.2) is 42.1 Å². The Morgan fingerprint density at radius 3 is 2.40 bits per heavy atom. The maximum absolute atomic E-state index is 11.7. The van der Waals surface area contributed by atoms with Gasteiger partial charge in [0.1, 0.15) is 6.04 Å². The van der Waals surface area contributed by atoms with Crippen molar-refractivity contribution in [1.82, 2.24) is 5.32 Å². The first kappa shape index (κ1) is 18.4. The number of amides is 1. The number of methoxy groups -OCH3 is 1. The molecule has 0 aromatic carbocycles. The highest BCUT2D eigenvalue weighted by atomic mass is 16.5. The molecule has 0 aromatic heterocycles. The SMILES string of the molecule is CCCCCCC(NC(=O)[C@@H](N)CC(=O)O)C(=O)OC. The monoisotopic (exact) mass is 288 g/mol. The molecule has 0 saturated carbocycles. The van der Waals surface area contributed by atoms with E-state index in [0.717, 1.165) is 25.7 Å². The number of hydrogen-bond acceptors (Lipinski definition) is 5. The van der Waals surface area contributed by atoms with Crippen molar-refractivity contribution in [3.05, 3.63) is 0 Å². The molecule has 2 atom stereocenters. The van der Waals surface area contributed by atoms with E-state index >= 15 is 0 Å². The van der Waals surface area contributed by atoms with Gasteiger partial charge in [0.05, 0.1) is 19.6 Å². The molecule has 1 amide bonds. The predicted octanol–water partition coefficient (Wildman–Crippen LogP) is 0.417. The normalized spacial score (nSPS) is 13.3. The van der Waals surface area contributed by atoms with Gasteiger partial charge in [-0.25, -0.2) is 4.79 Å².